The number of rotatable bonds is 2. The zero-order chi connectivity index (χ0) is 13.4. The molecule has 19 heavy (non-hydrogen) atoms. The van der Waals surface area contributed by atoms with Crippen molar-refractivity contribution >= 4 is 10.9 Å². The monoisotopic (exact) mass is 256 g/mol. The van der Waals surface area contributed by atoms with Crippen LogP contribution in [0.1, 0.15) is 11.1 Å². The third kappa shape index (κ3) is 2.00. The van der Waals surface area contributed by atoms with Crippen molar-refractivity contribution in [2.75, 3.05) is 0 Å². The number of benzene rings is 2. The normalized spacial score (nSPS) is 11.1. The van der Waals surface area contributed by atoms with Gasteiger partial charge in [0.15, 0.2) is 0 Å². The number of aliphatic hydroxyl groups is 1. The highest BCUT2D eigenvalue weighted by molar-refractivity contribution is 5.93. The molecule has 0 aliphatic heterocycles. The molecule has 96 valence electrons. The summed E-state index contributed by atoms with van der Waals surface area (Å²) in [4.78, 5) is 0. The van der Waals surface area contributed by atoms with E-state index in [1.807, 2.05) is 25.1 Å². The summed E-state index contributed by atoms with van der Waals surface area (Å²) < 4.78 is 13.4. The number of H-pyrrole nitrogens is 1. The topological polar surface area (TPSA) is 48.9 Å². The van der Waals surface area contributed by atoms with E-state index in [9.17, 15) is 4.39 Å². The molecule has 0 saturated heterocycles. The van der Waals surface area contributed by atoms with Gasteiger partial charge >= 0.3 is 0 Å². The van der Waals surface area contributed by atoms with E-state index in [4.69, 9.17) is 5.11 Å². The summed E-state index contributed by atoms with van der Waals surface area (Å²) in [5, 5.41) is 17.4. The molecular weight excluding hydrogens is 243 g/mol. The summed E-state index contributed by atoms with van der Waals surface area (Å²) in [6.45, 7) is 1.70. The van der Waals surface area contributed by atoms with E-state index < -0.39 is 5.82 Å². The van der Waals surface area contributed by atoms with Gasteiger partial charge in [-0.3, -0.25) is 5.10 Å². The van der Waals surface area contributed by atoms with Crippen LogP contribution in [-0.4, -0.2) is 15.3 Å². The fraction of sp³-hybridized carbons (Fsp3) is 0.133. The zero-order valence-electron chi connectivity index (χ0n) is 10.4. The van der Waals surface area contributed by atoms with Crippen LogP contribution in [0.2, 0.25) is 0 Å². The highest BCUT2D eigenvalue weighted by Crippen LogP contribution is 2.28. The smallest absolute Gasteiger partial charge is 0.128 e. The lowest BCUT2D eigenvalue weighted by Gasteiger charge is -2.03. The first-order valence-electron chi connectivity index (χ1n) is 6.03. The number of hydrogen-bond acceptors (Lipinski definition) is 2. The van der Waals surface area contributed by atoms with Crippen LogP contribution >= 0.6 is 0 Å². The number of hydrogen-bond donors (Lipinski definition) is 2. The molecule has 3 nitrogen and oxygen atoms in total. The Kier molecular flexibility index (Phi) is 2.80. The Morgan fingerprint density at radius 1 is 1.21 bits per heavy atom. The predicted octanol–water partition coefficient (Wildman–Crippen LogP) is 3.17. The minimum absolute atomic E-state index is 0.279. The Bertz CT molecular complexity index is 749. The highest BCUT2D eigenvalue weighted by Gasteiger charge is 2.10. The SMILES string of the molecule is Cc1ccc2[nH]nc(-c3ccc(F)c(CO)c3)c2c1. The molecule has 0 saturated carbocycles. The van der Waals surface area contributed by atoms with Crippen molar-refractivity contribution in [3.05, 3.63) is 53.3 Å². The van der Waals surface area contributed by atoms with Crippen LogP contribution < -0.4 is 0 Å². The van der Waals surface area contributed by atoms with Crippen LogP contribution in [0.25, 0.3) is 22.2 Å². The van der Waals surface area contributed by atoms with E-state index >= 15 is 0 Å². The van der Waals surface area contributed by atoms with E-state index in [1.54, 1.807) is 12.1 Å². The molecule has 0 fully saturated rings. The largest absolute Gasteiger partial charge is 0.392 e. The average molecular weight is 256 g/mol. The minimum atomic E-state index is -0.401. The van der Waals surface area contributed by atoms with Crippen LogP contribution in [0.4, 0.5) is 4.39 Å². The Balaban J connectivity index is 2.21. The van der Waals surface area contributed by atoms with Crippen molar-refractivity contribution in [3.63, 3.8) is 0 Å². The summed E-state index contributed by atoms with van der Waals surface area (Å²) >= 11 is 0. The van der Waals surface area contributed by atoms with E-state index in [0.717, 1.165) is 27.7 Å². The molecule has 0 spiro atoms. The van der Waals surface area contributed by atoms with Crippen LogP contribution in [-0.2, 0) is 6.61 Å². The van der Waals surface area contributed by atoms with Crippen molar-refractivity contribution in [1.82, 2.24) is 10.2 Å². The second-order valence-electron chi connectivity index (χ2n) is 4.59. The van der Waals surface area contributed by atoms with Crippen LogP contribution in [0.5, 0.6) is 0 Å². The zero-order valence-corrected chi connectivity index (χ0v) is 10.4. The fourth-order valence-electron chi connectivity index (χ4n) is 2.19. The van der Waals surface area contributed by atoms with Crippen molar-refractivity contribution in [2.24, 2.45) is 0 Å². The van der Waals surface area contributed by atoms with Gasteiger partial charge in [0, 0.05) is 16.5 Å². The minimum Gasteiger partial charge on any atom is -0.392 e. The Morgan fingerprint density at radius 3 is 2.84 bits per heavy atom. The average Bonchev–Trinajstić information content (AvgIpc) is 2.82. The first-order valence-corrected chi connectivity index (χ1v) is 6.03. The predicted molar refractivity (Wildman–Crippen MR) is 72.1 cm³/mol. The second kappa shape index (κ2) is 4.48. The van der Waals surface area contributed by atoms with Crippen LogP contribution in [0.3, 0.4) is 0 Å². The molecule has 0 radical (unpaired) electrons. The van der Waals surface area contributed by atoms with E-state index in [0.29, 0.717) is 0 Å². The van der Waals surface area contributed by atoms with Gasteiger partial charge in [-0.05, 0) is 37.3 Å². The maximum Gasteiger partial charge on any atom is 0.128 e. The third-order valence-electron chi connectivity index (χ3n) is 3.21. The Morgan fingerprint density at radius 2 is 2.05 bits per heavy atom. The van der Waals surface area contributed by atoms with Gasteiger partial charge in [0.1, 0.15) is 5.82 Å². The van der Waals surface area contributed by atoms with Gasteiger partial charge in [-0.1, -0.05) is 11.6 Å². The molecule has 0 amide bonds. The Labute approximate surface area is 109 Å². The molecular formula is C15H13FN2O. The van der Waals surface area contributed by atoms with Crippen molar-refractivity contribution < 1.29 is 9.50 Å². The Hall–Kier alpha value is -2.20. The molecule has 0 aliphatic rings. The van der Waals surface area contributed by atoms with Crippen molar-refractivity contribution in [1.29, 1.82) is 0 Å². The number of aromatic amines is 1. The van der Waals surface area contributed by atoms with Crippen LogP contribution in [0.15, 0.2) is 36.4 Å². The van der Waals surface area contributed by atoms with Gasteiger partial charge in [-0.2, -0.15) is 5.10 Å². The van der Waals surface area contributed by atoms with Crippen LogP contribution in [0, 0.1) is 12.7 Å². The molecule has 1 aromatic heterocycles. The maximum atomic E-state index is 13.4. The summed E-state index contributed by atoms with van der Waals surface area (Å²) in [6, 6.07) is 10.7. The first kappa shape index (κ1) is 11.9. The molecule has 2 N–H and O–H groups in total. The maximum absolute atomic E-state index is 13.4. The number of aromatic nitrogens is 2. The molecule has 0 atom stereocenters. The molecule has 3 aromatic rings. The molecule has 2 aromatic carbocycles. The highest BCUT2D eigenvalue weighted by atomic mass is 19.1. The fourth-order valence-corrected chi connectivity index (χ4v) is 2.19. The van der Waals surface area contributed by atoms with E-state index in [-0.39, 0.29) is 12.2 Å². The lowest BCUT2D eigenvalue weighted by molar-refractivity contribution is 0.276. The van der Waals surface area contributed by atoms with Gasteiger partial charge in [0.25, 0.3) is 0 Å². The second-order valence-corrected chi connectivity index (χ2v) is 4.59. The number of halogens is 1. The van der Waals surface area contributed by atoms with Gasteiger partial charge in [0.2, 0.25) is 0 Å². The molecule has 4 heteroatoms. The lowest BCUT2D eigenvalue weighted by atomic mass is 10.0. The number of fused-ring (bicyclic) bond motifs is 1. The first-order chi connectivity index (χ1) is 9.19. The van der Waals surface area contributed by atoms with E-state index in [1.165, 1.54) is 6.07 Å². The van der Waals surface area contributed by atoms with Gasteiger partial charge < -0.3 is 5.11 Å². The van der Waals surface area contributed by atoms with Crippen molar-refractivity contribution in [3.8, 4) is 11.3 Å². The van der Waals surface area contributed by atoms with Gasteiger partial charge in [-0.25, -0.2) is 4.39 Å². The summed E-state index contributed by atoms with van der Waals surface area (Å²) in [6.07, 6.45) is 0. The summed E-state index contributed by atoms with van der Waals surface area (Å²) in [5.41, 5.74) is 3.92. The third-order valence-corrected chi connectivity index (χ3v) is 3.21. The number of nitrogens with one attached hydrogen (secondary N) is 1. The number of aliphatic hydroxyl groups excluding tert-OH is 1. The molecule has 3 rings (SSSR count). The van der Waals surface area contributed by atoms with Crippen molar-refractivity contribution in [2.45, 2.75) is 13.5 Å². The number of nitrogens with zero attached hydrogens (tertiary/aromatic N) is 1. The molecule has 0 unspecified atom stereocenters. The van der Waals surface area contributed by atoms with Gasteiger partial charge in [0.05, 0.1) is 17.8 Å². The molecule has 0 aliphatic carbocycles. The lowest BCUT2D eigenvalue weighted by Crippen LogP contribution is -1.91. The number of aryl methyl sites for hydroxylation is 1. The standard InChI is InChI=1S/C15H13FN2O/c1-9-2-5-14-12(6-9)15(18-17-14)10-3-4-13(16)11(7-10)8-19/h2-7,19H,8H2,1H3,(H,17,18). The van der Waals surface area contributed by atoms with Gasteiger partial charge in [-0.15, -0.1) is 0 Å². The summed E-state index contributed by atoms with van der Waals surface area (Å²) in [5.74, 6) is -0.401. The quantitative estimate of drug-likeness (QED) is 0.740. The molecule has 0 bridgehead atoms. The van der Waals surface area contributed by atoms with E-state index in [2.05, 4.69) is 10.2 Å². The summed E-state index contributed by atoms with van der Waals surface area (Å²) in [7, 11) is 0. The molecule has 1 heterocycles.